The first-order valence-corrected chi connectivity index (χ1v) is 4.97. The Labute approximate surface area is 94.8 Å². The molecule has 0 aliphatic carbocycles. The van der Waals surface area contributed by atoms with Crippen LogP contribution in [0.5, 0.6) is 0 Å². The molecule has 1 aromatic carbocycles. The number of H-pyrrole nitrogens is 1. The predicted molar refractivity (Wildman–Crippen MR) is 62.7 cm³/mol. The van der Waals surface area contributed by atoms with Crippen LogP contribution in [0.15, 0.2) is 40.4 Å². The molecule has 0 aliphatic heterocycles. The summed E-state index contributed by atoms with van der Waals surface area (Å²) in [7, 11) is 0. The van der Waals surface area contributed by atoms with Gasteiger partial charge >= 0.3 is 0 Å². The Balaban J connectivity index is 2.52. The van der Waals surface area contributed by atoms with Gasteiger partial charge in [-0.25, -0.2) is 0 Å². The van der Waals surface area contributed by atoms with Crippen molar-refractivity contribution in [3.05, 3.63) is 46.4 Å². The zero-order valence-corrected chi connectivity index (χ0v) is 8.66. The average Bonchev–Trinajstić information content (AvgIpc) is 2.74. The van der Waals surface area contributed by atoms with Gasteiger partial charge in [0, 0.05) is 0 Å². The normalized spacial score (nSPS) is 11.8. The van der Waals surface area contributed by atoms with E-state index >= 15 is 0 Å². The summed E-state index contributed by atoms with van der Waals surface area (Å²) in [6, 6.07) is 7.17. The minimum absolute atomic E-state index is 0.202. The SMILES string of the molecule is O=c1c2ccccc2[nH]c2c(/C=N/O)cnn12. The fourth-order valence-corrected chi connectivity index (χ4v) is 1.82. The van der Waals surface area contributed by atoms with Crippen LogP contribution >= 0.6 is 0 Å². The highest BCUT2D eigenvalue weighted by Gasteiger charge is 2.08. The molecule has 3 aromatic rings. The summed E-state index contributed by atoms with van der Waals surface area (Å²) >= 11 is 0. The van der Waals surface area contributed by atoms with Crippen LogP contribution in [-0.2, 0) is 0 Å². The Morgan fingerprint density at radius 3 is 3.06 bits per heavy atom. The number of hydrogen-bond donors (Lipinski definition) is 2. The third kappa shape index (κ3) is 1.31. The second kappa shape index (κ2) is 3.44. The number of rotatable bonds is 1. The van der Waals surface area contributed by atoms with Gasteiger partial charge in [0.25, 0.3) is 5.56 Å². The molecule has 0 unspecified atom stereocenters. The highest BCUT2D eigenvalue weighted by atomic mass is 16.4. The summed E-state index contributed by atoms with van der Waals surface area (Å²) in [6.45, 7) is 0. The van der Waals surface area contributed by atoms with Gasteiger partial charge in [0.15, 0.2) is 0 Å². The average molecular weight is 228 g/mol. The first kappa shape index (κ1) is 9.59. The summed E-state index contributed by atoms with van der Waals surface area (Å²) in [4.78, 5) is 15.2. The summed E-state index contributed by atoms with van der Waals surface area (Å²) < 4.78 is 1.25. The second-order valence-corrected chi connectivity index (χ2v) is 3.58. The molecule has 0 aliphatic rings. The number of fused-ring (bicyclic) bond motifs is 2. The lowest BCUT2D eigenvalue weighted by Gasteiger charge is -1.99. The van der Waals surface area contributed by atoms with Gasteiger partial charge in [-0.2, -0.15) is 9.61 Å². The molecule has 17 heavy (non-hydrogen) atoms. The number of nitrogens with one attached hydrogen (secondary N) is 1. The molecule has 0 spiro atoms. The Hall–Kier alpha value is -2.63. The Morgan fingerprint density at radius 1 is 1.41 bits per heavy atom. The highest BCUT2D eigenvalue weighted by molar-refractivity contribution is 5.89. The smallest absolute Gasteiger partial charge is 0.282 e. The molecule has 0 saturated carbocycles. The maximum atomic E-state index is 12.1. The summed E-state index contributed by atoms with van der Waals surface area (Å²) in [5, 5.41) is 16.0. The van der Waals surface area contributed by atoms with E-state index < -0.39 is 0 Å². The third-order valence-corrected chi connectivity index (χ3v) is 2.60. The number of aromatic nitrogens is 3. The molecule has 0 radical (unpaired) electrons. The lowest BCUT2D eigenvalue weighted by atomic mass is 10.2. The highest BCUT2D eigenvalue weighted by Crippen LogP contribution is 2.10. The third-order valence-electron chi connectivity index (χ3n) is 2.60. The Morgan fingerprint density at radius 2 is 2.24 bits per heavy atom. The minimum Gasteiger partial charge on any atom is -0.411 e. The van der Waals surface area contributed by atoms with Gasteiger partial charge in [-0.15, -0.1) is 0 Å². The van der Waals surface area contributed by atoms with Crippen LogP contribution in [0.2, 0.25) is 0 Å². The predicted octanol–water partition coefficient (Wildman–Crippen LogP) is 0.984. The summed E-state index contributed by atoms with van der Waals surface area (Å²) in [5.74, 6) is 0. The van der Waals surface area contributed by atoms with E-state index in [4.69, 9.17) is 5.21 Å². The van der Waals surface area contributed by atoms with E-state index in [-0.39, 0.29) is 5.56 Å². The molecule has 3 rings (SSSR count). The molecule has 0 saturated heterocycles. The molecule has 0 amide bonds. The van der Waals surface area contributed by atoms with Crippen LogP contribution in [-0.4, -0.2) is 26.0 Å². The number of para-hydroxylation sites is 1. The van der Waals surface area contributed by atoms with E-state index in [0.29, 0.717) is 16.6 Å². The Kier molecular flexibility index (Phi) is 1.94. The molecule has 0 atom stereocenters. The molecule has 2 aromatic heterocycles. The Bertz CT molecular complexity index is 785. The van der Waals surface area contributed by atoms with Gasteiger partial charge in [-0.05, 0) is 12.1 Å². The number of aromatic amines is 1. The van der Waals surface area contributed by atoms with Gasteiger partial charge in [-0.1, -0.05) is 17.3 Å². The fourth-order valence-electron chi connectivity index (χ4n) is 1.82. The topological polar surface area (TPSA) is 82.8 Å². The van der Waals surface area contributed by atoms with E-state index in [1.165, 1.54) is 16.9 Å². The van der Waals surface area contributed by atoms with Crippen LogP contribution in [0.25, 0.3) is 16.6 Å². The van der Waals surface area contributed by atoms with E-state index in [9.17, 15) is 4.79 Å². The molecule has 0 bridgehead atoms. The molecule has 6 nitrogen and oxygen atoms in total. The largest absolute Gasteiger partial charge is 0.411 e. The van der Waals surface area contributed by atoms with E-state index in [2.05, 4.69) is 15.2 Å². The summed E-state index contributed by atoms with van der Waals surface area (Å²) in [5.41, 5.74) is 1.58. The van der Waals surface area contributed by atoms with Gasteiger partial charge in [0.1, 0.15) is 5.65 Å². The molecule has 6 heteroatoms. The number of oxime groups is 1. The van der Waals surface area contributed by atoms with E-state index in [0.717, 1.165) is 5.52 Å². The first-order chi connectivity index (χ1) is 8.31. The van der Waals surface area contributed by atoms with Crippen LogP contribution in [0.3, 0.4) is 0 Å². The second-order valence-electron chi connectivity index (χ2n) is 3.58. The van der Waals surface area contributed by atoms with Gasteiger partial charge < -0.3 is 10.2 Å². The van der Waals surface area contributed by atoms with Crippen LogP contribution < -0.4 is 5.56 Å². The van der Waals surface area contributed by atoms with Crippen molar-refractivity contribution in [1.82, 2.24) is 14.6 Å². The molecular formula is C11H8N4O2. The first-order valence-electron chi connectivity index (χ1n) is 4.97. The zero-order chi connectivity index (χ0) is 11.8. The van der Waals surface area contributed by atoms with Crippen molar-refractivity contribution in [2.75, 3.05) is 0 Å². The quantitative estimate of drug-likeness (QED) is 0.370. The van der Waals surface area contributed by atoms with Crippen molar-refractivity contribution >= 4 is 22.8 Å². The van der Waals surface area contributed by atoms with Gasteiger partial charge in [-0.3, -0.25) is 4.79 Å². The van der Waals surface area contributed by atoms with Crippen LogP contribution in [0.4, 0.5) is 0 Å². The molecule has 2 N–H and O–H groups in total. The minimum atomic E-state index is -0.202. The maximum Gasteiger partial charge on any atom is 0.282 e. The number of hydrogen-bond acceptors (Lipinski definition) is 4. The summed E-state index contributed by atoms with van der Waals surface area (Å²) in [6.07, 6.45) is 2.69. The monoisotopic (exact) mass is 228 g/mol. The lowest BCUT2D eigenvalue weighted by Crippen LogP contribution is -2.15. The van der Waals surface area contributed by atoms with Gasteiger partial charge in [0.2, 0.25) is 0 Å². The lowest BCUT2D eigenvalue weighted by molar-refractivity contribution is 0.322. The fraction of sp³-hybridized carbons (Fsp3) is 0. The van der Waals surface area contributed by atoms with Crippen LogP contribution in [0.1, 0.15) is 5.56 Å². The van der Waals surface area contributed by atoms with Crippen molar-refractivity contribution in [2.24, 2.45) is 5.16 Å². The maximum absolute atomic E-state index is 12.1. The number of nitrogens with zero attached hydrogens (tertiary/aromatic N) is 3. The molecule has 2 heterocycles. The van der Waals surface area contributed by atoms with Crippen molar-refractivity contribution in [1.29, 1.82) is 0 Å². The van der Waals surface area contributed by atoms with E-state index in [1.807, 2.05) is 12.1 Å². The molecule has 84 valence electrons. The van der Waals surface area contributed by atoms with Crippen molar-refractivity contribution in [3.63, 3.8) is 0 Å². The van der Waals surface area contributed by atoms with Crippen LogP contribution in [0, 0.1) is 0 Å². The zero-order valence-electron chi connectivity index (χ0n) is 8.66. The van der Waals surface area contributed by atoms with Crippen molar-refractivity contribution in [3.8, 4) is 0 Å². The van der Waals surface area contributed by atoms with Crippen molar-refractivity contribution < 1.29 is 5.21 Å². The van der Waals surface area contributed by atoms with E-state index in [1.54, 1.807) is 12.1 Å². The molecule has 0 fully saturated rings. The molecular weight excluding hydrogens is 220 g/mol. The van der Waals surface area contributed by atoms with Gasteiger partial charge in [0.05, 0.1) is 28.9 Å². The van der Waals surface area contributed by atoms with Crippen molar-refractivity contribution in [2.45, 2.75) is 0 Å². The number of benzene rings is 1. The standard InChI is InChI=1S/C11H8N4O2/c16-11-8-3-1-2-4-9(8)14-10-7(6-13-17)5-12-15(10)11/h1-6,14,17H/b13-6+.